The number of nitrogens with one attached hydrogen (secondary N) is 1. The number of nitrogens with zero attached hydrogens (tertiary/aromatic N) is 4. The Morgan fingerprint density at radius 1 is 1.26 bits per heavy atom. The van der Waals surface area contributed by atoms with Crippen LogP contribution in [0.1, 0.15) is 12.8 Å². The monoisotopic (exact) mass is 365 g/mol. The summed E-state index contributed by atoms with van der Waals surface area (Å²) in [5.74, 6) is -0.585. The quantitative estimate of drug-likeness (QED) is 0.713. The fraction of sp³-hybridized carbons (Fsp3) is 0.263. The number of hydrogen-bond donors (Lipinski definition) is 1. The number of para-hydroxylation sites is 1. The molecule has 2 aromatic heterocycles. The Kier molecular flexibility index (Phi) is 4.23. The Hall–Kier alpha value is -3.42. The number of fused-ring (bicyclic) bond motifs is 1. The highest BCUT2D eigenvalue weighted by Gasteiger charge is 2.30. The third kappa shape index (κ3) is 3.33. The van der Waals surface area contributed by atoms with Gasteiger partial charge in [0.1, 0.15) is 0 Å². The Bertz CT molecular complexity index is 1030. The van der Waals surface area contributed by atoms with E-state index >= 15 is 0 Å². The van der Waals surface area contributed by atoms with Gasteiger partial charge >= 0.3 is 5.97 Å². The number of hydrogen-bond acceptors (Lipinski definition) is 6. The fourth-order valence-electron chi connectivity index (χ4n) is 3.10. The van der Waals surface area contributed by atoms with E-state index in [1.165, 1.54) is 0 Å². The third-order valence-corrected chi connectivity index (χ3v) is 4.44. The highest BCUT2D eigenvalue weighted by Crippen LogP contribution is 2.29. The summed E-state index contributed by atoms with van der Waals surface area (Å²) in [6, 6.07) is 11.9. The topological polar surface area (TPSA) is 88.8 Å². The summed E-state index contributed by atoms with van der Waals surface area (Å²) >= 11 is 0. The molecule has 1 aliphatic heterocycles. The van der Waals surface area contributed by atoms with Gasteiger partial charge in [-0.1, -0.05) is 18.2 Å². The van der Waals surface area contributed by atoms with Crippen LogP contribution in [0.15, 0.2) is 42.6 Å². The summed E-state index contributed by atoms with van der Waals surface area (Å²) in [5.41, 5.74) is 3.76. The molecule has 0 aliphatic carbocycles. The molecule has 0 unspecified atom stereocenters. The van der Waals surface area contributed by atoms with Crippen LogP contribution in [0.25, 0.3) is 16.8 Å². The molecular weight excluding hydrogens is 346 g/mol. The number of rotatable bonds is 4. The number of aromatic nitrogens is 3. The van der Waals surface area contributed by atoms with Crippen molar-refractivity contribution < 1.29 is 14.3 Å². The Morgan fingerprint density at radius 3 is 2.81 bits per heavy atom. The second-order valence-corrected chi connectivity index (χ2v) is 6.57. The summed E-state index contributed by atoms with van der Waals surface area (Å²) in [5, 5.41) is 6.94. The van der Waals surface area contributed by atoms with Gasteiger partial charge in [0.05, 0.1) is 0 Å². The van der Waals surface area contributed by atoms with Gasteiger partial charge < -0.3 is 9.64 Å². The van der Waals surface area contributed by atoms with Crippen molar-refractivity contribution in [2.24, 2.45) is 0 Å². The van der Waals surface area contributed by atoms with Crippen molar-refractivity contribution >= 4 is 29.2 Å². The Morgan fingerprint density at radius 2 is 2.07 bits per heavy atom. The predicted molar refractivity (Wildman–Crippen MR) is 100 cm³/mol. The molecule has 1 N–H and O–H groups in total. The SMILES string of the molecule is CN(C)c1ccccc1-c1ccc2nc(NC(=O)[C@@H]3CCC(=O)O3)nn2c1. The number of pyridine rings is 1. The van der Waals surface area contributed by atoms with Gasteiger partial charge in [0, 0.05) is 49.9 Å². The molecule has 8 nitrogen and oxygen atoms in total. The van der Waals surface area contributed by atoms with E-state index in [1.54, 1.807) is 4.52 Å². The first kappa shape index (κ1) is 17.0. The van der Waals surface area contributed by atoms with Crippen molar-refractivity contribution in [3.63, 3.8) is 0 Å². The number of ether oxygens (including phenoxy) is 1. The molecule has 0 spiro atoms. The number of benzene rings is 1. The van der Waals surface area contributed by atoms with Crippen molar-refractivity contribution in [2.75, 3.05) is 24.3 Å². The lowest BCUT2D eigenvalue weighted by Crippen LogP contribution is -2.27. The van der Waals surface area contributed by atoms with E-state index in [0.29, 0.717) is 12.1 Å². The summed E-state index contributed by atoms with van der Waals surface area (Å²) in [7, 11) is 3.99. The van der Waals surface area contributed by atoms with Gasteiger partial charge in [0.15, 0.2) is 11.8 Å². The van der Waals surface area contributed by atoms with Crippen LogP contribution in [0, 0.1) is 0 Å². The second-order valence-electron chi connectivity index (χ2n) is 6.57. The number of amides is 1. The molecule has 138 valence electrons. The van der Waals surface area contributed by atoms with Crippen molar-refractivity contribution in [2.45, 2.75) is 18.9 Å². The minimum atomic E-state index is -0.772. The molecule has 1 saturated heterocycles. The molecule has 3 aromatic rings. The van der Waals surface area contributed by atoms with Crippen LogP contribution in [0.3, 0.4) is 0 Å². The lowest BCUT2D eigenvalue weighted by molar-refractivity contribution is -0.146. The van der Waals surface area contributed by atoms with E-state index in [1.807, 2.05) is 50.6 Å². The summed E-state index contributed by atoms with van der Waals surface area (Å²) in [4.78, 5) is 29.7. The average molecular weight is 365 g/mol. The molecule has 1 aliphatic rings. The van der Waals surface area contributed by atoms with Crippen LogP contribution < -0.4 is 10.2 Å². The smallest absolute Gasteiger partial charge is 0.306 e. The zero-order valence-electron chi connectivity index (χ0n) is 15.0. The van der Waals surface area contributed by atoms with E-state index in [0.717, 1.165) is 16.8 Å². The average Bonchev–Trinajstić information content (AvgIpc) is 3.26. The minimum Gasteiger partial charge on any atom is -0.452 e. The number of anilines is 2. The van der Waals surface area contributed by atoms with Gasteiger partial charge in [-0.05, 0) is 18.2 Å². The maximum atomic E-state index is 12.2. The molecule has 1 aromatic carbocycles. The van der Waals surface area contributed by atoms with E-state index in [2.05, 4.69) is 26.4 Å². The Labute approximate surface area is 155 Å². The van der Waals surface area contributed by atoms with Gasteiger partial charge in [-0.25, -0.2) is 4.52 Å². The zero-order valence-corrected chi connectivity index (χ0v) is 15.0. The van der Waals surface area contributed by atoms with Crippen LogP contribution in [-0.2, 0) is 14.3 Å². The standard InChI is InChI=1S/C19H19N5O3/c1-23(2)14-6-4-3-5-13(14)12-7-9-16-20-19(22-24(16)11-12)21-18(26)15-8-10-17(25)27-15/h3-7,9,11,15H,8,10H2,1-2H3,(H,21,22,26)/t15-/m0/s1. The van der Waals surface area contributed by atoms with Crippen molar-refractivity contribution in [1.29, 1.82) is 0 Å². The normalized spacial score (nSPS) is 16.4. The largest absolute Gasteiger partial charge is 0.452 e. The van der Waals surface area contributed by atoms with Gasteiger partial charge in [0.25, 0.3) is 5.91 Å². The van der Waals surface area contributed by atoms with Gasteiger partial charge in [-0.15, -0.1) is 5.10 Å². The van der Waals surface area contributed by atoms with Crippen LogP contribution in [0.5, 0.6) is 0 Å². The highest BCUT2D eigenvalue weighted by atomic mass is 16.6. The molecule has 1 amide bonds. The van der Waals surface area contributed by atoms with Gasteiger partial charge in [0.2, 0.25) is 5.95 Å². The summed E-state index contributed by atoms with van der Waals surface area (Å²) in [6.45, 7) is 0. The number of carbonyl (C=O) groups is 2. The molecule has 0 saturated carbocycles. The van der Waals surface area contributed by atoms with Crippen LogP contribution in [-0.4, -0.2) is 46.7 Å². The van der Waals surface area contributed by atoms with Gasteiger partial charge in [-0.3, -0.25) is 14.9 Å². The molecule has 27 heavy (non-hydrogen) atoms. The predicted octanol–water partition coefficient (Wildman–Crippen LogP) is 2.11. The number of cyclic esters (lactones) is 1. The molecule has 8 heteroatoms. The molecule has 0 radical (unpaired) electrons. The van der Waals surface area contributed by atoms with Crippen molar-refractivity contribution in [3.05, 3.63) is 42.6 Å². The van der Waals surface area contributed by atoms with E-state index in [-0.39, 0.29) is 18.3 Å². The fourth-order valence-corrected chi connectivity index (χ4v) is 3.10. The van der Waals surface area contributed by atoms with Crippen molar-refractivity contribution in [1.82, 2.24) is 14.6 Å². The molecule has 3 heterocycles. The van der Waals surface area contributed by atoms with Crippen LogP contribution >= 0.6 is 0 Å². The first-order chi connectivity index (χ1) is 13.0. The second kappa shape index (κ2) is 6.71. The van der Waals surface area contributed by atoms with E-state index < -0.39 is 12.0 Å². The maximum absolute atomic E-state index is 12.2. The first-order valence-electron chi connectivity index (χ1n) is 8.65. The van der Waals surface area contributed by atoms with Crippen LogP contribution in [0.4, 0.5) is 11.6 Å². The van der Waals surface area contributed by atoms with Crippen molar-refractivity contribution in [3.8, 4) is 11.1 Å². The van der Waals surface area contributed by atoms with Crippen LogP contribution in [0.2, 0.25) is 0 Å². The van der Waals surface area contributed by atoms with E-state index in [4.69, 9.17) is 4.74 Å². The third-order valence-electron chi connectivity index (χ3n) is 4.44. The van der Waals surface area contributed by atoms with E-state index in [9.17, 15) is 9.59 Å². The lowest BCUT2D eigenvalue weighted by Gasteiger charge is -2.17. The molecule has 1 atom stereocenters. The Balaban J connectivity index is 1.61. The zero-order chi connectivity index (χ0) is 19.0. The maximum Gasteiger partial charge on any atom is 0.306 e. The number of esters is 1. The summed E-state index contributed by atoms with van der Waals surface area (Å²) < 4.78 is 6.59. The van der Waals surface area contributed by atoms with Gasteiger partial charge in [-0.2, -0.15) is 4.98 Å². The lowest BCUT2D eigenvalue weighted by atomic mass is 10.1. The molecular formula is C19H19N5O3. The first-order valence-corrected chi connectivity index (χ1v) is 8.65. The molecule has 0 bridgehead atoms. The molecule has 1 fully saturated rings. The summed E-state index contributed by atoms with van der Waals surface area (Å²) in [6.07, 6.45) is 1.73. The molecule has 4 rings (SSSR count). The highest BCUT2D eigenvalue weighted by molar-refractivity contribution is 5.95. The number of carbonyl (C=O) groups excluding carboxylic acids is 2. The minimum absolute atomic E-state index is 0.181.